The molecule has 0 aromatic carbocycles. The minimum absolute atomic E-state index is 0.0207. The van der Waals surface area contributed by atoms with Crippen LogP contribution in [0.25, 0.3) is 0 Å². The lowest BCUT2D eigenvalue weighted by atomic mass is 9.84. The molecule has 2 aliphatic rings. The van der Waals surface area contributed by atoms with Gasteiger partial charge < -0.3 is 35.4 Å². The fraction of sp³-hybridized carbons (Fsp3) is 0.846. The van der Waals surface area contributed by atoms with E-state index in [-0.39, 0.29) is 62.2 Å². The van der Waals surface area contributed by atoms with Crippen LogP contribution in [0.5, 0.6) is 0 Å². The molecule has 1 aliphatic heterocycles. The lowest BCUT2D eigenvalue weighted by Gasteiger charge is -2.37. The zero-order valence-electron chi connectivity index (χ0n) is 43.6. The highest BCUT2D eigenvalue weighted by Crippen LogP contribution is 2.30. The number of nitrogens with one attached hydrogen (secondary N) is 3. The van der Waals surface area contributed by atoms with Crippen LogP contribution in [0, 0.1) is 40.9 Å². The van der Waals surface area contributed by atoms with Gasteiger partial charge in [-0.2, -0.15) is 5.26 Å². The molecule has 0 aromatic heterocycles. The SMILES string of the molecule is CCCC[C@@H](C)CCC[C@@H]1NC(=O)[C@@H](CCC#N)OC(=O)[C@H](C)N(C)C(=O)[C@H](C[C@H](C)CCCC)NC(=O)[C@H](CC2CCCCC2)N(C)C(=O)[C@H](CC(C)C)NC(=O)[C@H](CC(C)C)N(C)C1=O. The number of carbonyl (C=O) groups is 7. The van der Waals surface area contributed by atoms with Gasteiger partial charge in [-0.15, -0.1) is 0 Å². The number of nitrogens with zero attached hydrogens (tertiary/aromatic N) is 4. The fourth-order valence-corrected chi connectivity index (χ4v) is 9.55. The molecule has 0 aromatic rings. The quantitative estimate of drug-likeness (QED) is 0.104. The average Bonchev–Trinajstić information content (AvgIpc) is 3.29. The van der Waals surface area contributed by atoms with Gasteiger partial charge in [0.2, 0.25) is 29.5 Å². The number of likely N-dealkylation sites (N-methyl/N-ethyl adjacent to an activating group) is 3. The summed E-state index contributed by atoms with van der Waals surface area (Å²) in [5, 5.41) is 18.5. The molecule has 1 saturated heterocycles. The predicted octanol–water partition coefficient (Wildman–Crippen LogP) is 7.45. The minimum Gasteiger partial charge on any atom is -0.451 e. The highest BCUT2D eigenvalue weighted by Gasteiger charge is 2.41. The second kappa shape index (κ2) is 30.3. The Morgan fingerprint density at radius 3 is 1.67 bits per heavy atom. The maximum Gasteiger partial charge on any atom is 0.329 e. The zero-order valence-corrected chi connectivity index (χ0v) is 43.6. The van der Waals surface area contributed by atoms with Gasteiger partial charge in [0.05, 0.1) is 6.07 Å². The number of esters is 1. The Morgan fingerprint density at radius 1 is 0.612 bits per heavy atom. The van der Waals surface area contributed by atoms with Crippen LogP contribution in [0.3, 0.4) is 0 Å². The molecule has 9 atom stereocenters. The summed E-state index contributed by atoms with van der Waals surface area (Å²) in [6.07, 6.45) is 11.8. The molecule has 15 nitrogen and oxygen atoms in total. The van der Waals surface area contributed by atoms with E-state index in [9.17, 15) is 38.8 Å². The third-order valence-electron chi connectivity index (χ3n) is 14.0. The van der Waals surface area contributed by atoms with E-state index in [1.807, 2.05) is 40.7 Å². The fourth-order valence-electron chi connectivity index (χ4n) is 9.55. The molecule has 6 amide bonds. The summed E-state index contributed by atoms with van der Waals surface area (Å²) in [6.45, 7) is 17.7. The Hall–Kier alpha value is -4.22. The van der Waals surface area contributed by atoms with Gasteiger partial charge in [0.1, 0.15) is 36.3 Å². The van der Waals surface area contributed by atoms with Crippen molar-refractivity contribution in [3.05, 3.63) is 0 Å². The first-order chi connectivity index (χ1) is 31.7. The van der Waals surface area contributed by atoms with Crippen molar-refractivity contribution in [2.24, 2.45) is 29.6 Å². The van der Waals surface area contributed by atoms with E-state index in [1.165, 1.54) is 35.7 Å². The number of rotatable bonds is 20. The van der Waals surface area contributed by atoms with Gasteiger partial charge in [-0.05, 0) is 68.6 Å². The Balaban J connectivity index is 2.85. The summed E-state index contributed by atoms with van der Waals surface area (Å²) in [7, 11) is 4.58. The van der Waals surface area contributed by atoms with E-state index < -0.39 is 83.8 Å². The van der Waals surface area contributed by atoms with Gasteiger partial charge in [-0.25, -0.2) is 4.79 Å². The van der Waals surface area contributed by atoms with Crippen LogP contribution in [-0.2, 0) is 38.3 Å². The first-order valence-corrected chi connectivity index (χ1v) is 25.9. The van der Waals surface area contributed by atoms with E-state index in [0.717, 1.165) is 77.0 Å². The highest BCUT2D eigenvalue weighted by atomic mass is 16.5. The number of nitriles is 1. The lowest BCUT2D eigenvalue weighted by Crippen LogP contribution is -2.60. The van der Waals surface area contributed by atoms with Gasteiger partial charge in [0.25, 0.3) is 5.91 Å². The zero-order chi connectivity index (χ0) is 50.4. The van der Waals surface area contributed by atoms with Crippen molar-refractivity contribution in [1.29, 1.82) is 5.26 Å². The normalized spacial score (nSPS) is 26.1. The van der Waals surface area contributed by atoms with E-state index in [0.29, 0.717) is 18.8 Å². The maximum absolute atomic E-state index is 14.9. The van der Waals surface area contributed by atoms with E-state index in [1.54, 1.807) is 7.05 Å². The standard InChI is InChI=1S/C52H91N7O8/c1-13-15-22-36(7)24-20-27-40-49(63)58(11)43(31-35(5)6)46(60)55-41(30-34(3)4)51(65)59(12)44(33-39-25-18-17-19-26-39)47(61)56-42(32-37(8)23-16-14-2)50(64)57(10)38(9)52(66)67-45(28-21-29-53)48(62)54-40/h34-45H,13-28,30-33H2,1-12H3,(H,54,62)(H,55,60)(H,56,61)/t36-,37-,38+,40+,41+,42+,43+,44+,45-/m1/s1. The Morgan fingerprint density at radius 2 is 1.10 bits per heavy atom. The van der Waals surface area contributed by atoms with Crippen molar-refractivity contribution >= 4 is 41.4 Å². The third kappa shape index (κ3) is 19.7. The van der Waals surface area contributed by atoms with Crippen LogP contribution in [0.2, 0.25) is 0 Å². The van der Waals surface area contributed by atoms with Gasteiger partial charge in [-0.1, -0.05) is 139 Å². The summed E-state index contributed by atoms with van der Waals surface area (Å²) in [5.41, 5.74) is 0. The number of carbonyl (C=O) groups excluding carboxylic acids is 7. The van der Waals surface area contributed by atoms with Crippen LogP contribution < -0.4 is 16.0 Å². The number of unbranched alkanes of at least 4 members (excludes halogenated alkanes) is 2. The summed E-state index contributed by atoms with van der Waals surface area (Å²) in [6, 6.07) is -4.38. The van der Waals surface area contributed by atoms with E-state index >= 15 is 0 Å². The highest BCUT2D eigenvalue weighted by molar-refractivity contribution is 5.97. The Bertz CT molecular complexity index is 1630. The maximum atomic E-state index is 14.9. The van der Waals surface area contributed by atoms with Crippen molar-refractivity contribution in [3.8, 4) is 6.07 Å². The molecule has 2 rings (SSSR count). The number of hydrogen-bond donors (Lipinski definition) is 3. The Kier molecular flexibility index (Phi) is 26.6. The monoisotopic (exact) mass is 942 g/mol. The minimum atomic E-state index is -1.46. The molecule has 0 spiro atoms. The summed E-state index contributed by atoms with van der Waals surface area (Å²) >= 11 is 0. The summed E-state index contributed by atoms with van der Waals surface area (Å²) in [4.78, 5) is 106. The molecule has 382 valence electrons. The topological polar surface area (TPSA) is 198 Å². The molecule has 1 saturated carbocycles. The molecule has 0 radical (unpaired) electrons. The van der Waals surface area contributed by atoms with Crippen LogP contribution in [0.15, 0.2) is 0 Å². The van der Waals surface area contributed by atoms with Gasteiger partial charge in [0.15, 0.2) is 6.10 Å². The number of cyclic esters (lactones) is 1. The van der Waals surface area contributed by atoms with Gasteiger partial charge in [-0.3, -0.25) is 28.8 Å². The van der Waals surface area contributed by atoms with Gasteiger partial charge >= 0.3 is 5.97 Å². The smallest absolute Gasteiger partial charge is 0.329 e. The second-order valence-electron chi connectivity index (χ2n) is 21.0. The van der Waals surface area contributed by atoms with Crippen molar-refractivity contribution in [2.45, 2.75) is 233 Å². The van der Waals surface area contributed by atoms with Crippen LogP contribution in [0.4, 0.5) is 0 Å². The first kappa shape index (κ1) is 58.9. The summed E-state index contributed by atoms with van der Waals surface area (Å²) < 4.78 is 5.83. The Labute approximate surface area is 404 Å². The van der Waals surface area contributed by atoms with Crippen LogP contribution in [0.1, 0.15) is 191 Å². The molecule has 0 bridgehead atoms. The molecule has 67 heavy (non-hydrogen) atoms. The van der Waals surface area contributed by atoms with Crippen molar-refractivity contribution in [2.75, 3.05) is 21.1 Å². The van der Waals surface area contributed by atoms with Crippen molar-refractivity contribution in [3.63, 3.8) is 0 Å². The van der Waals surface area contributed by atoms with Crippen LogP contribution >= 0.6 is 0 Å². The van der Waals surface area contributed by atoms with Crippen LogP contribution in [-0.4, -0.2) is 120 Å². The molecular weight excluding hydrogens is 851 g/mol. The predicted molar refractivity (Wildman–Crippen MR) is 262 cm³/mol. The van der Waals surface area contributed by atoms with Crippen molar-refractivity contribution in [1.82, 2.24) is 30.7 Å². The van der Waals surface area contributed by atoms with E-state index in [4.69, 9.17) is 4.74 Å². The second-order valence-corrected chi connectivity index (χ2v) is 21.0. The number of hydrogen-bond acceptors (Lipinski definition) is 9. The van der Waals surface area contributed by atoms with E-state index in [2.05, 4.69) is 36.7 Å². The summed E-state index contributed by atoms with van der Waals surface area (Å²) in [5.74, 6) is -3.69. The number of amides is 6. The average molecular weight is 942 g/mol. The molecule has 0 unspecified atom stereocenters. The molecular formula is C52H91N7O8. The molecule has 3 N–H and O–H groups in total. The largest absolute Gasteiger partial charge is 0.451 e. The third-order valence-corrected chi connectivity index (χ3v) is 14.0. The number of ether oxygens (including phenoxy) is 1. The molecule has 15 heteroatoms. The lowest BCUT2D eigenvalue weighted by molar-refractivity contribution is -0.163. The molecule has 1 heterocycles. The molecule has 1 aliphatic carbocycles. The first-order valence-electron chi connectivity index (χ1n) is 25.9. The van der Waals surface area contributed by atoms with Gasteiger partial charge in [0, 0.05) is 34.0 Å². The molecule has 2 fully saturated rings. The van der Waals surface area contributed by atoms with Crippen molar-refractivity contribution < 1.29 is 38.3 Å².